The van der Waals surface area contributed by atoms with Gasteiger partial charge in [-0.25, -0.2) is 9.18 Å². The first-order chi connectivity index (χ1) is 12.1. The first-order valence-corrected chi connectivity index (χ1v) is 8.34. The van der Waals surface area contributed by atoms with Gasteiger partial charge in [0.15, 0.2) is 0 Å². The van der Waals surface area contributed by atoms with Crippen LogP contribution in [-0.2, 0) is 11.3 Å². The van der Waals surface area contributed by atoms with E-state index in [9.17, 15) is 9.18 Å². The van der Waals surface area contributed by atoms with Crippen LogP contribution in [0.2, 0.25) is 0 Å². The minimum atomic E-state index is -0.487. The highest BCUT2D eigenvalue weighted by Gasteiger charge is 2.19. The molecule has 25 heavy (non-hydrogen) atoms. The van der Waals surface area contributed by atoms with Gasteiger partial charge in [0.05, 0.1) is 11.4 Å². The zero-order valence-corrected chi connectivity index (χ0v) is 13.8. The Labute approximate surface area is 145 Å². The molecule has 1 saturated carbocycles. The summed E-state index contributed by atoms with van der Waals surface area (Å²) in [7, 11) is 0. The van der Waals surface area contributed by atoms with Crippen molar-refractivity contribution in [2.24, 2.45) is 0 Å². The Kier molecular flexibility index (Phi) is 5.38. The van der Waals surface area contributed by atoms with Crippen LogP contribution in [0.1, 0.15) is 31.2 Å². The predicted octanol–water partition coefficient (Wildman–Crippen LogP) is 4.48. The van der Waals surface area contributed by atoms with Gasteiger partial charge in [-0.3, -0.25) is 5.32 Å². The molecule has 1 amide bonds. The monoisotopic (exact) mass is 344 g/mol. The number of halogens is 1. The van der Waals surface area contributed by atoms with E-state index < -0.39 is 6.09 Å². The topological polar surface area (TPSA) is 73.6 Å². The number of nitrogens with two attached hydrogens (primary N) is 1. The molecule has 2 aromatic carbocycles. The lowest BCUT2D eigenvalue weighted by Crippen LogP contribution is -2.20. The summed E-state index contributed by atoms with van der Waals surface area (Å²) < 4.78 is 23.9. The average Bonchev–Trinajstić information content (AvgIpc) is 3.09. The molecule has 0 bridgehead atoms. The summed E-state index contributed by atoms with van der Waals surface area (Å²) in [6.07, 6.45) is 3.54. The van der Waals surface area contributed by atoms with Gasteiger partial charge in [0.1, 0.15) is 24.3 Å². The predicted molar refractivity (Wildman–Crippen MR) is 93.9 cm³/mol. The Hall–Kier alpha value is -2.76. The minimum absolute atomic E-state index is 0.000426. The first-order valence-electron chi connectivity index (χ1n) is 8.34. The van der Waals surface area contributed by atoms with Crippen LogP contribution in [0.4, 0.5) is 20.6 Å². The summed E-state index contributed by atoms with van der Waals surface area (Å²) >= 11 is 0. The Bertz CT molecular complexity index is 728. The summed E-state index contributed by atoms with van der Waals surface area (Å²) in [6.45, 7) is 0.302. The SMILES string of the molecule is Nc1cc(OCc2ccc(F)cc2)ccc1NC(=O)OC1CCCC1. The number of nitrogens with one attached hydrogen (secondary N) is 1. The van der Waals surface area contributed by atoms with E-state index in [2.05, 4.69) is 5.32 Å². The number of amides is 1. The molecule has 1 fully saturated rings. The molecule has 3 N–H and O–H groups in total. The maximum atomic E-state index is 12.9. The highest BCUT2D eigenvalue weighted by molar-refractivity contribution is 5.89. The lowest BCUT2D eigenvalue weighted by atomic mass is 10.2. The van der Waals surface area contributed by atoms with E-state index in [4.69, 9.17) is 15.2 Å². The van der Waals surface area contributed by atoms with Gasteiger partial charge in [0.25, 0.3) is 0 Å². The zero-order chi connectivity index (χ0) is 17.6. The van der Waals surface area contributed by atoms with Gasteiger partial charge < -0.3 is 15.2 Å². The van der Waals surface area contributed by atoms with E-state index in [1.807, 2.05) is 0 Å². The van der Waals surface area contributed by atoms with Gasteiger partial charge >= 0.3 is 6.09 Å². The van der Waals surface area contributed by atoms with E-state index >= 15 is 0 Å². The second kappa shape index (κ2) is 7.88. The molecule has 0 radical (unpaired) electrons. The molecule has 0 heterocycles. The van der Waals surface area contributed by atoms with Gasteiger partial charge in [-0.1, -0.05) is 12.1 Å². The number of hydrogen-bond acceptors (Lipinski definition) is 4. The van der Waals surface area contributed by atoms with Gasteiger partial charge in [-0.05, 0) is 55.5 Å². The molecule has 3 rings (SSSR count). The van der Waals surface area contributed by atoms with Crippen molar-refractivity contribution >= 4 is 17.5 Å². The van der Waals surface area contributed by atoms with Crippen LogP contribution in [0.15, 0.2) is 42.5 Å². The van der Waals surface area contributed by atoms with Crippen LogP contribution in [-0.4, -0.2) is 12.2 Å². The Morgan fingerprint density at radius 3 is 2.56 bits per heavy atom. The molecule has 5 nitrogen and oxygen atoms in total. The normalized spacial score (nSPS) is 14.3. The number of benzene rings is 2. The summed E-state index contributed by atoms with van der Waals surface area (Å²) in [4.78, 5) is 11.9. The van der Waals surface area contributed by atoms with E-state index in [-0.39, 0.29) is 11.9 Å². The Morgan fingerprint density at radius 1 is 1.16 bits per heavy atom. The fourth-order valence-electron chi connectivity index (χ4n) is 2.79. The third-order valence-electron chi connectivity index (χ3n) is 4.15. The Balaban J connectivity index is 1.54. The van der Waals surface area contributed by atoms with Crippen molar-refractivity contribution in [1.82, 2.24) is 0 Å². The molecule has 0 atom stereocenters. The largest absolute Gasteiger partial charge is 0.489 e. The summed E-state index contributed by atoms with van der Waals surface area (Å²) in [5.74, 6) is 0.282. The van der Waals surface area contributed by atoms with Crippen molar-refractivity contribution in [3.8, 4) is 5.75 Å². The molecule has 132 valence electrons. The molecule has 2 aromatic rings. The third-order valence-corrected chi connectivity index (χ3v) is 4.15. The molecule has 1 aliphatic rings. The molecule has 1 aliphatic carbocycles. The highest BCUT2D eigenvalue weighted by atomic mass is 19.1. The summed E-state index contributed by atoms with van der Waals surface area (Å²) in [5.41, 5.74) is 7.69. The van der Waals surface area contributed by atoms with Crippen molar-refractivity contribution in [1.29, 1.82) is 0 Å². The van der Waals surface area contributed by atoms with Crippen LogP contribution in [0.3, 0.4) is 0 Å². The van der Waals surface area contributed by atoms with Crippen LogP contribution in [0.25, 0.3) is 0 Å². The Morgan fingerprint density at radius 2 is 1.88 bits per heavy atom. The van der Waals surface area contributed by atoms with Gasteiger partial charge in [-0.15, -0.1) is 0 Å². The lowest BCUT2D eigenvalue weighted by Gasteiger charge is -2.14. The van der Waals surface area contributed by atoms with Crippen LogP contribution < -0.4 is 15.8 Å². The molecule has 0 aromatic heterocycles. The smallest absolute Gasteiger partial charge is 0.411 e. The van der Waals surface area contributed by atoms with Crippen molar-refractivity contribution in [3.05, 3.63) is 53.8 Å². The molecular formula is C19H21FN2O3. The first kappa shape index (κ1) is 17.1. The second-order valence-electron chi connectivity index (χ2n) is 6.10. The number of anilines is 2. The van der Waals surface area contributed by atoms with Gasteiger partial charge in [0, 0.05) is 6.07 Å². The van der Waals surface area contributed by atoms with Crippen molar-refractivity contribution < 1.29 is 18.7 Å². The average molecular weight is 344 g/mol. The summed E-state index contributed by atoms with van der Waals surface area (Å²) in [5, 5.41) is 2.66. The molecule has 0 aliphatic heterocycles. The molecule has 6 heteroatoms. The van der Waals surface area contributed by atoms with Crippen molar-refractivity contribution in [2.45, 2.75) is 38.4 Å². The highest BCUT2D eigenvalue weighted by Crippen LogP contribution is 2.26. The number of nitrogen functional groups attached to an aromatic ring is 1. The van der Waals surface area contributed by atoms with Crippen LogP contribution in [0.5, 0.6) is 5.75 Å². The standard InChI is InChI=1S/C19H21FN2O3/c20-14-7-5-13(6-8-14)12-24-16-9-10-18(17(21)11-16)22-19(23)25-15-3-1-2-4-15/h5-11,15H,1-4,12,21H2,(H,22,23). The second-order valence-corrected chi connectivity index (χ2v) is 6.10. The van der Waals surface area contributed by atoms with E-state index in [0.717, 1.165) is 31.2 Å². The molecule has 0 spiro atoms. The fraction of sp³-hybridized carbons (Fsp3) is 0.316. The number of rotatable bonds is 5. The minimum Gasteiger partial charge on any atom is -0.489 e. The third kappa shape index (κ3) is 4.86. The molecule has 0 saturated heterocycles. The molecular weight excluding hydrogens is 323 g/mol. The van der Waals surface area contributed by atoms with Crippen LogP contribution >= 0.6 is 0 Å². The van der Waals surface area contributed by atoms with E-state index in [0.29, 0.717) is 23.7 Å². The molecule has 0 unspecified atom stereocenters. The van der Waals surface area contributed by atoms with E-state index in [1.165, 1.54) is 12.1 Å². The van der Waals surface area contributed by atoms with Gasteiger partial charge in [0.2, 0.25) is 0 Å². The number of ether oxygens (including phenoxy) is 2. The number of carbonyl (C=O) groups excluding carboxylic acids is 1. The number of hydrogen-bond donors (Lipinski definition) is 2. The van der Waals surface area contributed by atoms with E-state index in [1.54, 1.807) is 30.3 Å². The maximum Gasteiger partial charge on any atom is 0.411 e. The zero-order valence-electron chi connectivity index (χ0n) is 13.8. The fourth-order valence-corrected chi connectivity index (χ4v) is 2.79. The number of carbonyl (C=O) groups is 1. The summed E-state index contributed by atoms with van der Waals surface area (Å²) in [6, 6.07) is 11.1. The maximum absolute atomic E-state index is 12.9. The van der Waals surface area contributed by atoms with Gasteiger partial charge in [-0.2, -0.15) is 0 Å². The van der Waals surface area contributed by atoms with Crippen LogP contribution in [0, 0.1) is 5.82 Å². The quantitative estimate of drug-likeness (QED) is 0.785. The lowest BCUT2D eigenvalue weighted by molar-refractivity contribution is 0.114. The van der Waals surface area contributed by atoms with Crippen molar-refractivity contribution in [3.63, 3.8) is 0 Å². The van der Waals surface area contributed by atoms with Crippen molar-refractivity contribution in [2.75, 3.05) is 11.1 Å².